The topological polar surface area (TPSA) is 64.0 Å². The van der Waals surface area contributed by atoms with Gasteiger partial charge in [0.2, 0.25) is 10.0 Å². The van der Waals surface area contributed by atoms with Crippen molar-refractivity contribution in [1.82, 2.24) is 9.55 Å². The first-order chi connectivity index (χ1) is 9.00. The van der Waals surface area contributed by atoms with Crippen LogP contribution in [0.3, 0.4) is 0 Å². The van der Waals surface area contributed by atoms with Crippen molar-refractivity contribution < 1.29 is 8.42 Å². The maximum absolute atomic E-state index is 11.6. The molecule has 1 fully saturated rings. The minimum atomic E-state index is -3.23. The number of hydrogen-bond donors (Lipinski definition) is 1. The van der Waals surface area contributed by atoms with E-state index in [1.54, 1.807) is 19.1 Å². The van der Waals surface area contributed by atoms with E-state index in [4.69, 9.17) is 0 Å². The fourth-order valence-electron chi connectivity index (χ4n) is 2.24. The monoisotopic (exact) mass is 279 g/mol. The maximum Gasteiger partial charge on any atom is 0.232 e. The third-order valence-electron chi connectivity index (χ3n) is 3.51. The van der Waals surface area contributed by atoms with Crippen molar-refractivity contribution in [3.63, 3.8) is 0 Å². The zero-order chi connectivity index (χ0) is 13.6. The lowest BCUT2D eigenvalue weighted by atomic mass is 10.3. The number of aryl methyl sites for hydroxylation is 1. The molecule has 5 nitrogen and oxygen atoms in total. The molecule has 0 atom stereocenters. The molecule has 3 rings (SSSR count). The molecule has 1 aliphatic carbocycles. The van der Waals surface area contributed by atoms with Crippen LogP contribution >= 0.6 is 0 Å². The molecular formula is C13H17N3O2S. The number of sulfonamides is 1. The van der Waals surface area contributed by atoms with Gasteiger partial charge in [-0.1, -0.05) is 0 Å². The molecule has 1 aromatic heterocycles. The van der Waals surface area contributed by atoms with Gasteiger partial charge in [0.15, 0.2) is 0 Å². The van der Waals surface area contributed by atoms with E-state index in [1.165, 1.54) is 12.8 Å². The smallest absolute Gasteiger partial charge is 0.232 e. The van der Waals surface area contributed by atoms with Crippen molar-refractivity contribution in [2.75, 3.05) is 10.5 Å². The first-order valence-corrected chi connectivity index (χ1v) is 8.12. The summed E-state index contributed by atoms with van der Waals surface area (Å²) in [6.45, 7) is 1.62. The summed E-state index contributed by atoms with van der Waals surface area (Å²) in [7, 11) is -1.22. The highest BCUT2D eigenvalue weighted by Crippen LogP contribution is 2.40. The Morgan fingerprint density at radius 2 is 2.16 bits per heavy atom. The average Bonchev–Trinajstić information content (AvgIpc) is 3.15. The van der Waals surface area contributed by atoms with Crippen molar-refractivity contribution in [2.24, 2.45) is 7.05 Å². The van der Waals surface area contributed by atoms with Crippen LogP contribution < -0.4 is 4.72 Å². The van der Waals surface area contributed by atoms with Gasteiger partial charge in [-0.2, -0.15) is 0 Å². The fraction of sp³-hybridized carbons (Fsp3) is 0.462. The second kappa shape index (κ2) is 4.23. The Morgan fingerprint density at radius 3 is 2.79 bits per heavy atom. The van der Waals surface area contributed by atoms with Crippen molar-refractivity contribution in [3.05, 3.63) is 24.0 Å². The Hall–Kier alpha value is -1.56. The van der Waals surface area contributed by atoms with Crippen molar-refractivity contribution >= 4 is 26.7 Å². The van der Waals surface area contributed by atoms with Gasteiger partial charge in [-0.15, -0.1) is 0 Å². The third-order valence-corrected chi connectivity index (χ3v) is 4.82. The maximum atomic E-state index is 11.6. The molecule has 0 saturated heterocycles. The van der Waals surface area contributed by atoms with Crippen molar-refractivity contribution in [3.8, 4) is 0 Å². The van der Waals surface area contributed by atoms with Gasteiger partial charge in [-0.3, -0.25) is 4.72 Å². The van der Waals surface area contributed by atoms with E-state index < -0.39 is 10.0 Å². The number of imidazole rings is 1. The standard InChI is InChI=1S/C13H17N3O2S/c1-3-19(17,18)15-10-6-7-12-11(8-10)14-13(16(12)2)9-4-5-9/h6-9,15H,3-5H2,1-2H3. The van der Waals surface area contributed by atoms with Crippen molar-refractivity contribution in [1.29, 1.82) is 0 Å². The van der Waals surface area contributed by atoms with Crippen LogP contribution in [0, 0.1) is 0 Å². The molecule has 1 aliphatic rings. The van der Waals surface area contributed by atoms with Gasteiger partial charge in [0, 0.05) is 13.0 Å². The fourth-order valence-corrected chi connectivity index (χ4v) is 2.87. The molecule has 0 radical (unpaired) electrons. The van der Waals surface area contributed by atoms with Crippen molar-refractivity contribution in [2.45, 2.75) is 25.7 Å². The van der Waals surface area contributed by atoms with Crippen LogP contribution in [0.1, 0.15) is 31.5 Å². The Morgan fingerprint density at radius 1 is 1.42 bits per heavy atom. The number of aromatic nitrogens is 2. The highest BCUT2D eigenvalue weighted by atomic mass is 32.2. The van der Waals surface area contributed by atoms with E-state index >= 15 is 0 Å². The molecular weight excluding hydrogens is 262 g/mol. The van der Waals surface area contributed by atoms with E-state index in [-0.39, 0.29) is 5.75 Å². The summed E-state index contributed by atoms with van der Waals surface area (Å²) in [5.74, 6) is 1.75. The largest absolute Gasteiger partial charge is 0.331 e. The quantitative estimate of drug-likeness (QED) is 0.933. The molecule has 1 heterocycles. The number of hydrogen-bond acceptors (Lipinski definition) is 3. The van der Waals surface area contributed by atoms with E-state index in [9.17, 15) is 8.42 Å². The lowest BCUT2D eigenvalue weighted by Crippen LogP contribution is -2.14. The first kappa shape index (κ1) is 12.5. The minimum absolute atomic E-state index is 0.0700. The van der Waals surface area contributed by atoms with Gasteiger partial charge in [0.05, 0.1) is 22.5 Å². The van der Waals surface area contributed by atoms with Crippen LogP contribution in [0.5, 0.6) is 0 Å². The zero-order valence-corrected chi connectivity index (χ0v) is 11.9. The molecule has 6 heteroatoms. The van der Waals surface area contributed by atoms with Crippen LogP contribution in [0.2, 0.25) is 0 Å². The summed E-state index contributed by atoms with van der Waals surface area (Å²) in [6.07, 6.45) is 2.40. The number of nitrogens with zero attached hydrogens (tertiary/aromatic N) is 2. The Kier molecular flexibility index (Phi) is 2.78. The SMILES string of the molecule is CCS(=O)(=O)Nc1ccc2c(c1)nc(C1CC1)n2C. The summed E-state index contributed by atoms with van der Waals surface area (Å²) in [5.41, 5.74) is 2.47. The predicted octanol–water partition coefficient (Wildman–Crippen LogP) is 2.21. The normalized spacial score (nSPS) is 15.9. The molecule has 0 spiro atoms. The molecule has 1 aromatic carbocycles. The highest BCUT2D eigenvalue weighted by Gasteiger charge is 2.28. The first-order valence-electron chi connectivity index (χ1n) is 6.47. The third kappa shape index (κ3) is 2.32. The number of anilines is 1. The van der Waals surface area contributed by atoms with E-state index in [2.05, 4.69) is 14.3 Å². The molecule has 0 amide bonds. The second-order valence-corrected chi connectivity index (χ2v) is 7.02. The Bertz CT molecular complexity index is 730. The Labute approximate surface area is 112 Å². The van der Waals surface area contributed by atoms with E-state index in [0.717, 1.165) is 16.9 Å². The van der Waals surface area contributed by atoms with Gasteiger partial charge < -0.3 is 4.57 Å². The van der Waals surface area contributed by atoms with Gasteiger partial charge in [0.25, 0.3) is 0 Å². The molecule has 0 aliphatic heterocycles. The lowest BCUT2D eigenvalue weighted by molar-refractivity contribution is 0.602. The number of rotatable bonds is 4. The van der Waals surface area contributed by atoms with Crippen LogP contribution in [0.4, 0.5) is 5.69 Å². The van der Waals surface area contributed by atoms with Crippen LogP contribution in [0.15, 0.2) is 18.2 Å². The Balaban J connectivity index is 2.01. The van der Waals surface area contributed by atoms with Crippen LogP contribution in [-0.2, 0) is 17.1 Å². The summed E-state index contributed by atoms with van der Waals surface area (Å²) in [6, 6.07) is 5.50. The molecule has 0 bridgehead atoms. The van der Waals surface area contributed by atoms with Gasteiger partial charge >= 0.3 is 0 Å². The van der Waals surface area contributed by atoms with Crippen LogP contribution in [0.25, 0.3) is 11.0 Å². The summed E-state index contributed by atoms with van der Waals surface area (Å²) >= 11 is 0. The molecule has 1 N–H and O–H groups in total. The summed E-state index contributed by atoms with van der Waals surface area (Å²) < 4.78 is 27.8. The molecule has 102 valence electrons. The number of fused-ring (bicyclic) bond motifs is 1. The summed E-state index contributed by atoms with van der Waals surface area (Å²) in [4.78, 5) is 4.62. The van der Waals surface area contributed by atoms with E-state index in [1.807, 2.05) is 13.1 Å². The summed E-state index contributed by atoms with van der Waals surface area (Å²) in [5, 5.41) is 0. The minimum Gasteiger partial charge on any atom is -0.331 e. The number of benzene rings is 1. The highest BCUT2D eigenvalue weighted by molar-refractivity contribution is 7.92. The number of nitrogens with one attached hydrogen (secondary N) is 1. The van der Waals surface area contributed by atoms with E-state index in [0.29, 0.717) is 11.6 Å². The second-order valence-electron chi connectivity index (χ2n) is 5.01. The molecule has 19 heavy (non-hydrogen) atoms. The lowest BCUT2D eigenvalue weighted by Gasteiger charge is -2.05. The molecule has 1 saturated carbocycles. The van der Waals surface area contributed by atoms with Gasteiger partial charge in [0.1, 0.15) is 5.82 Å². The van der Waals surface area contributed by atoms with Crippen LogP contribution in [-0.4, -0.2) is 23.7 Å². The molecule has 0 unspecified atom stereocenters. The zero-order valence-electron chi connectivity index (χ0n) is 11.0. The van der Waals surface area contributed by atoms with Gasteiger partial charge in [-0.25, -0.2) is 13.4 Å². The predicted molar refractivity (Wildman–Crippen MR) is 75.8 cm³/mol. The molecule has 2 aromatic rings. The average molecular weight is 279 g/mol. The van der Waals surface area contributed by atoms with Gasteiger partial charge in [-0.05, 0) is 38.0 Å².